The molecular formula is C21H24O6. The summed E-state index contributed by atoms with van der Waals surface area (Å²) in [5.74, 6) is 0.576. The van der Waals surface area contributed by atoms with Crippen molar-refractivity contribution >= 4 is 11.9 Å². The molecule has 1 spiro atoms. The van der Waals surface area contributed by atoms with Gasteiger partial charge in [-0.1, -0.05) is 25.0 Å². The largest absolute Gasteiger partial charge is 0.509 e. The summed E-state index contributed by atoms with van der Waals surface area (Å²) in [5, 5.41) is 0. The summed E-state index contributed by atoms with van der Waals surface area (Å²) in [5.41, 5.74) is 2.09. The highest BCUT2D eigenvalue weighted by atomic mass is 16.8. The summed E-state index contributed by atoms with van der Waals surface area (Å²) in [7, 11) is 1.54. The van der Waals surface area contributed by atoms with E-state index in [1.165, 1.54) is 5.57 Å². The number of allylic oxidation sites excluding steroid dienone is 1. The van der Waals surface area contributed by atoms with Gasteiger partial charge >= 0.3 is 6.16 Å². The summed E-state index contributed by atoms with van der Waals surface area (Å²) in [4.78, 5) is 25.4. The number of hydrogen-bond donors (Lipinski definition) is 0. The SMILES string of the molecule is COCOc1ccc2c(c1)[C@@H]1OC(=O)O[C@]13CCC(C)=C(CC2=O)C3(C)C. The first-order valence-electron chi connectivity index (χ1n) is 9.18. The molecule has 2 atom stereocenters. The maximum absolute atomic E-state index is 13.1. The van der Waals surface area contributed by atoms with Crippen molar-refractivity contribution in [3.05, 3.63) is 40.5 Å². The van der Waals surface area contributed by atoms with Crippen LogP contribution in [0.15, 0.2) is 29.3 Å². The Balaban J connectivity index is 1.93. The lowest BCUT2D eigenvalue weighted by Crippen LogP contribution is -2.53. The third-order valence-electron chi connectivity index (χ3n) is 6.39. The van der Waals surface area contributed by atoms with Gasteiger partial charge in [-0.3, -0.25) is 4.79 Å². The molecule has 1 saturated heterocycles. The number of ether oxygens (including phenoxy) is 4. The van der Waals surface area contributed by atoms with Crippen molar-refractivity contribution in [1.82, 2.24) is 0 Å². The minimum Gasteiger partial charge on any atom is -0.468 e. The van der Waals surface area contributed by atoms with Crippen LogP contribution in [0.1, 0.15) is 62.1 Å². The highest BCUT2D eigenvalue weighted by Gasteiger charge is 2.64. The van der Waals surface area contributed by atoms with E-state index in [2.05, 4.69) is 6.92 Å². The zero-order valence-corrected chi connectivity index (χ0v) is 16.1. The number of Topliss-reactive ketones (excluding diaryl/α,β-unsaturated/α-hetero) is 1. The molecular weight excluding hydrogens is 348 g/mol. The lowest BCUT2D eigenvalue weighted by atomic mass is 9.57. The van der Waals surface area contributed by atoms with Gasteiger partial charge in [0, 0.05) is 30.1 Å². The normalized spacial score (nSPS) is 28.5. The molecule has 2 bridgehead atoms. The molecule has 1 aromatic carbocycles. The first-order chi connectivity index (χ1) is 12.8. The van der Waals surface area contributed by atoms with E-state index >= 15 is 0 Å². The van der Waals surface area contributed by atoms with Crippen molar-refractivity contribution in [2.45, 2.75) is 51.7 Å². The quantitative estimate of drug-likeness (QED) is 0.447. The van der Waals surface area contributed by atoms with Crippen molar-refractivity contribution in [1.29, 1.82) is 0 Å². The van der Waals surface area contributed by atoms with Gasteiger partial charge in [0.05, 0.1) is 0 Å². The topological polar surface area (TPSA) is 71.1 Å². The van der Waals surface area contributed by atoms with Gasteiger partial charge in [-0.15, -0.1) is 0 Å². The summed E-state index contributed by atoms with van der Waals surface area (Å²) < 4.78 is 22.0. The molecule has 27 heavy (non-hydrogen) atoms. The molecule has 1 fully saturated rings. The van der Waals surface area contributed by atoms with Crippen LogP contribution in [-0.4, -0.2) is 31.4 Å². The number of benzene rings is 1. The van der Waals surface area contributed by atoms with Crippen LogP contribution in [0.2, 0.25) is 0 Å². The van der Waals surface area contributed by atoms with E-state index in [-0.39, 0.29) is 12.6 Å². The molecule has 4 rings (SSSR count). The Bertz CT molecular complexity index is 852. The van der Waals surface area contributed by atoms with Gasteiger partial charge in [0.2, 0.25) is 0 Å². The minimum atomic E-state index is -0.839. The van der Waals surface area contributed by atoms with E-state index in [4.69, 9.17) is 18.9 Å². The number of ketones is 1. The van der Waals surface area contributed by atoms with E-state index in [9.17, 15) is 9.59 Å². The van der Waals surface area contributed by atoms with Gasteiger partial charge in [-0.05, 0) is 38.0 Å². The fraction of sp³-hybridized carbons (Fsp3) is 0.524. The monoisotopic (exact) mass is 372 g/mol. The van der Waals surface area contributed by atoms with Gasteiger partial charge in [0.1, 0.15) is 5.75 Å². The van der Waals surface area contributed by atoms with Gasteiger partial charge in [0.15, 0.2) is 24.3 Å². The van der Waals surface area contributed by atoms with Crippen LogP contribution < -0.4 is 4.74 Å². The average molecular weight is 372 g/mol. The summed E-state index contributed by atoms with van der Waals surface area (Å²) in [6, 6.07) is 5.25. The summed E-state index contributed by atoms with van der Waals surface area (Å²) >= 11 is 0. The van der Waals surface area contributed by atoms with Gasteiger partial charge in [-0.2, -0.15) is 0 Å². The zero-order valence-electron chi connectivity index (χ0n) is 16.1. The van der Waals surface area contributed by atoms with Crippen LogP contribution in [0.5, 0.6) is 5.75 Å². The van der Waals surface area contributed by atoms with Crippen LogP contribution in [0, 0.1) is 5.41 Å². The second kappa shape index (κ2) is 6.09. The second-order valence-electron chi connectivity index (χ2n) is 8.02. The Hall–Kier alpha value is -2.34. The Morgan fingerprint density at radius 3 is 2.78 bits per heavy atom. The van der Waals surface area contributed by atoms with E-state index < -0.39 is 23.3 Å². The van der Waals surface area contributed by atoms with Gasteiger partial charge < -0.3 is 18.9 Å². The summed E-state index contributed by atoms with van der Waals surface area (Å²) in [6.45, 7) is 6.25. The molecule has 0 radical (unpaired) electrons. The standard InChI is InChI=1S/C21H24O6/c1-12-7-8-21-18(26-19(23)27-21)15-9-13(25-11-24-4)5-6-14(15)17(22)10-16(12)20(21,2)3/h5-6,9,18H,7-8,10-11H2,1-4H3/t18-,21+/m0/s1. The molecule has 0 saturated carbocycles. The number of hydrogen-bond acceptors (Lipinski definition) is 6. The Labute approximate surface area is 158 Å². The first kappa shape index (κ1) is 18.0. The van der Waals surface area contributed by atoms with E-state index in [1.807, 2.05) is 13.8 Å². The highest BCUT2D eigenvalue weighted by Crippen LogP contribution is 2.61. The van der Waals surface area contributed by atoms with E-state index in [0.717, 1.165) is 12.0 Å². The molecule has 1 aromatic rings. The minimum absolute atomic E-state index is 0.0177. The van der Waals surface area contributed by atoms with Crippen LogP contribution in [0.4, 0.5) is 4.79 Å². The van der Waals surface area contributed by atoms with Crippen molar-refractivity contribution in [3.63, 3.8) is 0 Å². The third kappa shape index (κ3) is 2.50. The maximum Gasteiger partial charge on any atom is 0.509 e. The van der Waals surface area contributed by atoms with Crippen molar-refractivity contribution in [2.75, 3.05) is 13.9 Å². The van der Waals surface area contributed by atoms with Crippen molar-refractivity contribution in [2.24, 2.45) is 5.41 Å². The predicted molar refractivity (Wildman–Crippen MR) is 96.6 cm³/mol. The Morgan fingerprint density at radius 1 is 1.26 bits per heavy atom. The lowest BCUT2D eigenvalue weighted by molar-refractivity contribution is -0.0705. The molecule has 144 valence electrons. The van der Waals surface area contributed by atoms with E-state index in [0.29, 0.717) is 29.7 Å². The lowest BCUT2D eigenvalue weighted by Gasteiger charge is -2.50. The molecule has 6 nitrogen and oxygen atoms in total. The highest BCUT2D eigenvalue weighted by molar-refractivity contribution is 6.00. The van der Waals surface area contributed by atoms with Crippen LogP contribution in [-0.2, 0) is 14.2 Å². The van der Waals surface area contributed by atoms with Crippen molar-refractivity contribution in [3.8, 4) is 5.75 Å². The van der Waals surface area contributed by atoms with Crippen molar-refractivity contribution < 1.29 is 28.5 Å². The first-order valence-corrected chi connectivity index (χ1v) is 9.18. The molecule has 3 aliphatic rings. The molecule has 2 aliphatic carbocycles. The number of carbonyl (C=O) groups excluding carboxylic acids is 2. The fourth-order valence-electron chi connectivity index (χ4n) is 4.85. The fourth-order valence-corrected chi connectivity index (χ4v) is 4.85. The molecule has 0 unspecified atom stereocenters. The van der Waals surface area contributed by atoms with Crippen LogP contribution >= 0.6 is 0 Å². The number of fused-ring (bicyclic) bond motifs is 3. The Kier molecular flexibility index (Phi) is 4.07. The number of rotatable bonds is 3. The molecule has 1 aliphatic heterocycles. The molecule has 0 N–H and O–H groups in total. The average Bonchev–Trinajstić information content (AvgIpc) is 2.98. The molecule has 6 heteroatoms. The predicted octanol–water partition coefficient (Wildman–Crippen LogP) is 4.34. The van der Waals surface area contributed by atoms with E-state index in [1.54, 1.807) is 25.3 Å². The summed E-state index contributed by atoms with van der Waals surface area (Å²) in [6.07, 6.45) is 0.400. The number of carbonyl (C=O) groups is 2. The number of methoxy groups -OCH3 is 1. The Morgan fingerprint density at radius 2 is 2.04 bits per heavy atom. The second-order valence-corrected chi connectivity index (χ2v) is 8.02. The maximum atomic E-state index is 13.1. The molecule has 0 aromatic heterocycles. The van der Waals surface area contributed by atoms with Gasteiger partial charge in [0.25, 0.3) is 0 Å². The zero-order chi connectivity index (χ0) is 19.4. The smallest absolute Gasteiger partial charge is 0.468 e. The van der Waals surface area contributed by atoms with Crippen LogP contribution in [0.25, 0.3) is 0 Å². The molecule has 0 amide bonds. The third-order valence-corrected chi connectivity index (χ3v) is 6.39. The molecule has 1 heterocycles. The van der Waals surface area contributed by atoms with Crippen LogP contribution in [0.3, 0.4) is 0 Å². The van der Waals surface area contributed by atoms with Gasteiger partial charge in [-0.25, -0.2) is 4.79 Å².